The van der Waals surface area contributed by atoms with Crippen LogP contribution in [0.1, 0.15) is 65.4 Å². The van der Waals surface area contributed by atoms with E-state index < -0.39 is 0 Å². The summed E-state index contributed by atoms with van der Waals surface area (Å²) in [7, 11) is 4.27. The molecule has 1 atom stereocenters. The molecule has 2 heterocycles. The van der Waals surface area contributed by atoms with Gasteiger partial charge >= 0.3 is 6.03 Å². The number of benzene rings is 2. The van der Waals surface area contributed by atoms with Gasteiger partial charge in [0.2, 0.25) is 17.7 Å². The number of carbonyl (C=O) groups is 4. The number of imide groups is 2. The molecule has 0 aromatic heterocycles. The zero-order valence-electron chi connectivity index (χ0n) is 22.9. The number of urea groups is 1. The number of anilines is 1. The molecule has 0 saturated carbocycles. The van der Waals surface area contributed by atoms with Gasteiger partial charge in [-0.3, -0.25) is 24.6 Å². The number of amides is 5. The predicted octanol–water partition coefficient (Wildman–Crippen LogP) is 4.35. The molecule has 4 rings (SSSR count). The summed E-state index contributed by atoms with van der Waals surface area (Å²) in [5, 5.41) is 2.33. The molecule has 5 amide bonds. The van der Waals surface area contributed by atoms with Gasteiger partial charge < -0.3 is 0 Å². The van der Waals surface area contributed by atoms with Gasteiger partial charge in [-0.15, -0.1) is 0 Å². The first-order chi connectivity index (χ1) is 18.2. The van der Waals surface area contributed by atoms with Crippen LogP contribution in [0.15, 0.2) is 48.5 Å². The van der Waals surface area contributed by atoms with Gasteiger partial charge in [0.1, 0.15) is 0 Å². The third-order valence-electron chi connectivity index (χ3n) is 5.90. The van der Waals surface area contributed by atoms with E-state index in [1.165, 1.54) is 8.58 Å². The Hall–Kier alpha value is -2.62. The highest BCUT2D eigenvalue weighted by Gasteiger charge is 2.33. The van der Waals surface area contributed by atoms with Gasteiger partial charge in [-0.1, -0.05) is 94.1 Å². The Morgan fingerprint density at radius 1 is 1.00 bits per heavy atom. The van der Waals surface area contributed by atoms with Crippen LogP contribution in [0, 0.1) is 0 Å². The van der Waals surface area contributed by atoms with E-state index in [1.54, 1.807) is 27.8 Å². The van der Waals surface area contributed by atoms with Crippen molar-refractivity contribution < 1.29 is 19.2 Å². The fourth-order valence-corrected chi connectivity index (χ4v) is 4.73. The predicted molar refractivity (Wildman–Crippen MR) is 164 cm³/mol. The second-order valence-electron chi connectivity index (χ2n) is 9.14. The van der Waals surface area contributed by atoms with Crippen LogP contribution < -0.4 is 21.1 Å². The Morgan fingerprint density at radius 2 is 1.68 bits per heavy atom. The molecule has 2 aromatic carbocycles. The van der Waals surface area contributed by atoms with Gasteiger partial charge in [-0.25, -0.2) is 7.91 Å². The number of piperidine rings is 1. The fraction of sp³-hybridized carbons (Fsp3) is 0.429. The van der Waals surface area contributed by atoms with E-state index in [1.807, 2.05) is 62.4 Å². The zero-order valence-corrected chi connectivity index (χ0v) is 25.0. The maximum Gasteiger partial charge on any atom is 0.328 e. The van der Waals surface area contributed by atoms with Gasteiger partial charge in [-0.2, -0.15) is 0 Å². The van der Waals surface area contributed by atoms with Crippen LogP contribution in [-0.2, 0) is 14.4 Å². The number of hydrogen-bond donors (Lipinski definition) is 1. The minimum atomic E-state index is -0.340. The second-order valence-corrected chi connectivity index (χ2v) is 10.1. The Kier molecular flexibility index (Phi) is 13.1. The normalized spacial score (nSPS) is 17.2. The fourth-order valence-electron chi connectivity index (χ4n) is 4.15. The number of carbonyl (C=O) groups excluding carboxylic acids is 4. The molecular weight excluding hydrogens is 591 g/mol. The molecule has 1 unspecified atom stereocenters. The lowest BCUT2D eigenvalue weighted by Gasteiger charge is -2.27. The van der Waals surface area contributed by atoms with Gasteiger partial charge in [0, 0.05) is 25.1 Å². The lowest BCUT2D eigenvalue weighted by molar-refractivity contribution is -0.140. The highest BCUT2D eigenvalue weighted by Crippen LogP contribution is 2.30. The standard InChI is InChI=1S/C13H14BINO2.C13H16BN2O2.C2H6/c1-2-14-10-5-3-9(4-6-10)11-7-8-12(17)16(15)13(11)18;1-9(2)14-10-4-3-5-11(8-10)16-7-6-12(17)15-13(16)18;1-2/h3-6,11H,2,7-8H2,1H3;3-5,8-9H,6-7H2,1-2H3,(H,15,17,18);1-2H3. The van der Waals surface area contributed by atoms with E-state index in [4.69, 9.17) is 0 Å². The first kappa shape index (κ1) is 31.6. The number of rotatable bonds is 6. The number of nitrogens with zero attached hydrogens (tertiary/aromatic N) is 2. The molecule has 200 valence electrons. The molecule has 7 nitrogen and oxygen atoms in total. The summed E-state index contributed by atoms with van der Waals surface area (Å²) >= 11 is 1.80. The van der Waals surface area contributed by atoms with Crippen molar-refractivity contribution >= 4 is 77.8 Å². The average Bonchev–Trinajstić information content (AvgIpc) is 2.90. The lowest BCUT2D eigenvalue weighted by atomic mass is 9.61. The van der Waals surface area contributed by atoms with Crippen LogP contribution in [0.5, 0.6) is 0 Å². The molecule has 1 N–H and O–H groups in total. The third kappa shape index (κ3) is 8.99. The summed E-state index contributed by atoms with van der Waals surface area (Å²) in [6.45, 7) is 10.8. The van der Waals surface area contributed by atoms with E-state index >= 15 is 0 Å². The minimum Gasteiger partial charge on any atom is -0.294 e. The van der Waals surface area contributed by atoms with E-state index in [2.05, 4.69) is 40.6 Å². The van der Waals surface area contributed by atoms with Gasteiger partial charge in [0.05, 0.1) is 28.8 Å². The summed E-state index contributed by atoms with van der Waals surface area (Å²) < 4.78 is 1.22. The summed E-state index contributed by atoms with van der Waals surface area (Å²) in [6.07, 6.45) is 2.41. The first-order valence-corrected chi connectivity index (χ1v) is 14.2. The molecule has 2 saturated heterocycles. The van der Waals surface area contributed by atoms with Crippen molar-refractivity contribution in [3.8, 4) is 0 Å². The van der Waals surface area contributed by atoms with Crippen LogP contribution in [0.4, 0.5) is 10.5 Å². The largest absolute Gasteiger partial charge is 0.328 e. The van der Waals surface area contributed by atoms with Crippen LogP contribution >= 0.6 is 22.9 Å². The Morgan fingerprint density at radius 3 is 2.29 bits per heavy atom. The molecular formula is C28H36B2IN3O4. The Labute approximate surface area is 242 Å². The molecule has 38 heavy (non-hydrogen) atoms. The number of nitrogens with one attached hydrogen (secondary N) is 1. The second kappa shape index (κ2) is 15.7. The smallest absolute Gasteiger partial charge is 0.294 e. The molecule has 0 bridgehead atoms. The molecule has 2 radical (unpaired) electrons. The van der Waals surface area contributed by atoms with Crippen LogP contribution in [0.2, 0.25) is 12.1 Å². The van der Waals surface area contributed by atoms with Gasteiger partial charge in [0.25, 0.3) is 0 Å². The number of halogens is 1. The van der Waals surface area contributed by atoms with Crippen LogP contribution in [-0.4, -0.2) is 48.0 Å². The lowest BCUT2D eigenvalue weighted by Crippen LogP contribution is -2.49. The number of hydrogen-bond acceptors (Lipinski definition) is 4. The molecule has 2 aromatic rings. The summed E-state index contributed by atoms with van der Waals surface area (Å²) in [5.74, 6) is -0.111. The minimum absolute atomic E-state index is 0.0900. The van der Waals surface area contributed by atoms with E-state index in [9.17, 15) is 19.2 Å². The van der Waals surface area contributed by atoms with Crippen LogP contribution in [0.3, 0.4) is 0 Å². The molecule has 2 fully saturated rings. The quantitative estimate of drug-likeness (QED) is 0.224. The van der Waals surface area contributed by atoms with Crippen molar-refractivity contribution in [1.29, 1.82) is 0 Å². The molecule has 0 aliphatic carbocycles. The Balaban J connectivity index is 0.000000251. The van der Waals surface area contributed by atoms with Crippen LogP contribution in [0.25, 0.3) is 0 Å². The Bertz CT molecular complexity index is 1110. The highest BCUT2D eigenvalue weighted by molar-refractivity contribution is 14.1. The van der Waals surface area contributed by atoms with Crippen molar-refractivity contribution in [3.05, 3.63) is 54.1 Å². The van der Waals surface area contributed by atoms with Gasteiger partial charge in [-0.05, 0) is 24.1 Å². The molecule has 2 aliphatic rings. The molecule has 2 aliphatic heterocycles. The van der Waals surface area contributed by atoms with Crippen molar-refractivity contribution in [3.63, 3.8) is 0 Å². The summed E-state index contributed by atoms with van der Waals surface area (Å²) in [6, 6.07) is 15.5. The van der Waals surface area contributed by atoms with Crippen molar-refractivity contribution in [2.75, 3.05) is 11.4 Å². The molecule has 10 heteroatoms. The first-order valence-electron chi connectivity index (χ1n) is 13.2. The third-order valence-corrected chi connectivity index (χ3v) is 6.91. The maximum atomic E-state index is 12.0. The summed E-state index contributed by atoms with van der Waals surface area (Å²) in [5.41, 5.74) is 4.09. The molecule has 0 spiro atoms. The van der Waals surface area contributed by atoms with Gasteiger partial charge in [0.15, 0.2) is 14.6 Å². The maximum absolute atomic E-state index is 12.0. The van der Waals surface area contributed by atoms with E-state index in [0.29, 0.717) is 31.6 Å². The average molecular weight is 627 g/mol. The van der Waals surface area contributed by atoms with Crippen molar-refractivity contribution in [1.82, 2.24) is 8.43 Å². The SMILES string of the molecule is CC.CC(C)[B]c1cccc(N2CCC(=O)NC2=O)c1.CC[B]c1ccc(C2CCC(=O)N(I)C2=O)cc1. The monoisotopic (exact) mass is 627 g/mol. The highest BCUT2D eigenvalue weighted by atomic mass is 127. The van der Waals surface area contributed by atoms with Crippen molar-refractivity contribution in [2.24, 2.45) is 0 Å². The topological polar surface area (TPSA) is 86.8 Å². The zero-order chi connectivity index (χ0) is 28.2. The summed E-state index contributed by atoms with van der Waals surface area (Å²) in [4.78, 5) is 47.9. The van der Waals surface area contributed by atoms with E-state index in [-0.39, 0.29) is 29.7 Å². The van der Waals surface area contributed by atoms with E-state index in [0.717, 1.165) is 23.0 Å². The van der Waals surface area contributed by atoms with Crippen molar-refractivity contribution in [2.45, 2.75) is 71.9 Å².